The van der Waals surface area contributed by atoms with Gasteiger partial charge < -0.3 is 15.4 Å². The molecular weight excluding hydrogens is 450 g/mol. The van der Waals surface area contributed by atoms with Crippen LogP contribution in [0, 0.1) is 0 Å². The van der Waals surface area contributed by atoms with E-state index in [-0.39, 0.29) is 22.5 Å². The number of carboxylic acids is 2. The molecule has 12 heteroatoms. The molecule has 4 rings (SSSR count). The summed E-state index contributed by atoms with van der Waals surface area (Å²) >= 11 is 0. The minimum atomic E-state index is -1.43. The van der Waals surface area contributed by atoms with Crippen molar-refractivity contribution in [3.63, 3.8) is 0 Å². The van der Waals surface area contributed by atoms with Crippen LogP contribution in [0.5, 0.6) is 0 Å². The minimum absolute atomic E-state index is 0.0466. The molecular formula is C22H17N3O9. The number of anilines is 2. The third-order valence-electron chi connectivity index (χ3n) is 5.63. The zero-order chi connectivity index (χ0) is 24.7. The van der Waals surface area contributed by atoms with Gasteiger partial charge in [-0.3, -0.25) is 19.2 Å². The van der Waals surface area contributed by atoms with Gasteiger partial charge in [-0.2, -0.15) is 5.06 Å². The molecule has 2 saturated heterocycles. The van der Waals surface area contributed by atoms with E-state index < -0.39 is 60.5 Å². The molecule has 0 aliphatic carbocycles. The Morgan fingerprint density at radius 2 is 1.00 bits per heavy atom. The van der Waals surface area contributed by atoms with Gasteiger partial charge in [-0.25, -0.2) is 19.4 Å². The van der Waals surface area contributed by atoms with Crippen LogP contribution in [0.25, 0.3) is 0 Å². The normalized spacial score (nSPS) is 20.5. The van der Waals surface area contributed by atoms with Gasteiger partial charge >= 0.3 is 11.9 Å². The summed E-state index contributed by atoms with van der Waals surface area (Å²) in [5.41, 5.74) is 0.110. The van der Waals surface area contributed by atoms with Gasteiger partial charge in [-0.05, 0) is 48.5 Å². The lowest BCUT2D eigenvalue weighted by molar-refractivity contribution is -0.172. The molecule has 4 amide bonds. The van der Waals surface area contributed by atoms with Crippen LogP contribution < -0.4 is 9.80 Å². The van der Waals surface area contributed by atoms with Crippen molar-refractivity contribution < 1.29 is 44.2 Å². The molecule has 174 valence electrons. The van der Waals surface area contributed by atoms with E-state index in [0.717, 1.165) is 9.80 Å². The number of hydrogen-bond acceptors (Lipinski definition) is 8. The highest BCUT2D eigenvalue weighted by atomic mass is 16.5. The fraction of sp³-hybridized carbons (Fsp3) is 0.182. The third-order valence-corrected chi connectivity index (χ3v) is 5.63. The molecule has 12 nitrogen and oxygen atoms in total. The van der Waals surface area contributed by atoms with E-state index >= 15 is 0 Å². The molecule has 2 aliphatic rings. The molecule has 2 aliphatic heterocycles. The Hall–Kier alpha value is -4.42. The zero-order valence-electron chi connectivity index (χ0n) is 17.3. The number of aromatic carboxylic acids is 2. The van der Waals surface area contributed by atoms with Gasteiger partial charge in [0.05, 0.1) is 35.3 Å². The van der Waals surface area contributed by atoms with Crippen LogP contribution in [-0.2, 0) is 19.2 Å². The Bertz CT molecular complexity index is 1130. The van der Waals surface area contributed by atoms with Gasteiger partial charge in [0.1, 0.15) is 12.1 Å². The van der Waals surface area contributed by atoms with Crippen LogP contribution >= 0.6 is 0 Å². The molecule has 0 bridgehead atoms. The van der Waals surface area contributed by atoms with E-state index in [1.54, 1.807) is 0 Å². The topological polar surface area (TPSA) is 173 Å². The first kappa shape index (κ1) is 22.8. The first-order valence-corrected chi connectivity index (χ1v) is 9.97. The molecule has 2 atom stereocenters. The summed E-state index contributed by atoms with van der Waals surface area (Å²) < 4.78 is 0. The summed E-state index contributed by atoms with van der Waals surface area (Å²) in [7, 11) is 0. The van der Waals surface area contributed by atoms with Crippen molar-refractivity contribution in [3.8, 4) is 0 Å². The summed E-state index contributed by atoms with van der Waals surface area (Å²) in [6.07, 6.45) is -0.914. The smallest absolute Gasteiger partial charge is 0.335 e. The summed E-state index contributed by atoms with van der Waals surface area (Å²) in [5, 5.41) is 29.1. The SMILES string of the molecule is O=C(O)c1ccc(N2C(=O)C[C@@H](N(O)[C@H]3CC(=O)N(c4ccc(C(=O)O)cc4)C3=O)C2=O)cc1. The average Bonchev–Trinajstić information content (AvgIpc) is 3.27. The number of carbonyl (C=O) groups is 6. The van der Waals surface area contributed by atoms with Crippen LogP contribution in [0.2, 0.25) is 0 Å². The van der Waals surface area contributed by atoms with E-state index in [9.17, 15) is 34.0 Å². The maximum atomic E-state index is 12.9. The molecule has 2 aromatic rings. The molecule has 0 unspecified atom stereocenters. The van der Waals surface area contributed by atoms with Gasteiger partial charge in [-0.15, -0.1) is 0 Å². The predicted octanol–water partition coefficient (Wildman–Crippen LogP) is 0.738. The van der Waals surface area contributed by atoms with E-state index in [1.807, 2.05) is 0 Å². The quantitative estimate of drug-likeness (QED) is 0.406. The van der Waals surface area contributed by atoms with E-state index in [0.29, 0.717) is 5.06 Å². The van der Waals surface area contributed by atoms with Crippen LogP contribution in [-0.4, -0.2) is 68.1 Å². The Labute approximate surface area is 191 Å². The van der Waals surface area contributed by atoms with Crippen molar-refractivity contribution in [1.82, 2.24) is 5.06 Å². The van der Waals surface area contributed by atoms with Crippen LogP contribution in [0.3, 0.4) is 0 Å². The lowest BCUT2D eigenvalue weighted by Gasteiger charge is -2.25. The molecule has 2 heterocycles. The molecule has 3 N–H and O–H groups in total. The van der Waals surface area contributed by atoms with Gasteiger partial charge in [0.15, 0.2) is 0 Å². The van der Waals surface area contributed by atoms with Crippen molar-refractivity contribution in [1.29, 1.82) is 0 Å². The summed E-state index contributed by atoms with van der Waals surface area (Å²) in [4.78, 5) is 74.4. The van der Waals surface area contributed by atoms with Crippen molar-refractivity contribution in [3.05, 3.63) is 59.7 Å². The molecule has 2 fully saturated rings. The Morgan fingerprint density at radius 1 is 0.676 bits per heavy atom. The summed E-state index contributed by atoms with van der Waals surface area (Å²) in [6, 6.07) is 7.11. The van der Waals surface area contributed by atoms with Gasteiger partial charge in [0.2, 0.25) is 11.8 Å². The summed E-state index contributed by atoms with van der Waals surface area (Å²) in [6.45, 7) is 0. The molecule has 0 spiro atoms. The third kappa shape index (κ3) is 3.80. The fourth-order valence-corrected chi connectivity index (χ4v) is 3.91. The molecule has 2 aromatic carbocycles. The van der Waals surface area contributed by atoms with Gasteiger partial charge in [0, 0.05) is 0 Å². The van der Waals surface area contributed by atoms with Gasteiger partial charge in [0.25, 0.3) is 11.8 Å². The highest BCUT2D eigenvalue weighted by molar-refractivity contribution is 6.24. The van der Waals surface area contributed by atoms with Crippen LogP contribution in [0.1, 0.15) is 33.6 Å². The number of hydroxylamine groups is 2. The highest BCUT2D eigenvalue weighted by Gasteiger charge is 2.50. The average molecular weight is 467 g/mol. The summed E-state index contributed by atoms with van der Waals surface area (Å²) in [5.74, 6) is -5.38. The number of amides is 4. The molecule has 0 aromatic heterocycles. The monoisotopic (exact) mass is 467 g/mol. The Balaban J connectivity index is 1.53. The maximum absolute atomic E-state index is 12.9. The highest BCUT2D eigenvalue weighted by Crippen LogP contribution is 2.31. The van der Waals surface area contributed by atoms with Crippen LogP contribution in [0.15, 0.2) is 48.5 Å². The second-order valence-electron chi connectivity index (χ2n) is 7.66. The van der Waals surface area contributed by atoms with E-state index in [1.165, 1.54) is 48.5 Å². The maximum Gasteiger partial charge on any atom is 0.335 e. The number of rotatable bonds is 6. The number of nitrogens with zero attached hydrogens (tertiary/aromatic N) is 3. The van der Waals surface area contributed by atoms with Crippen LogP contribution in [0.4, 0.5) is 11.4 Å². The first-order chi connectivity index (χ1) is 16.1. The second kappa shape index (κ2) is 8.50. The van der Waals surface area contributed by atoms with Crippen molar-refractivity contribution in [2.24, 2.45) is 0 Å². The van der Waals surface area contributed by atoms with Crippen molar-refractivity contribution >= 4 is 46.9 Å². The van der Waals surface area contributed by atoms with E-state index in [4.69, 9.17) is 10.2 Å². The Kier molecular flexibility index (Phi) is 5.69. The number of benzene rings is 2. The lowest BCUT2D eigenvalue weighted by atomic mass is 10.1. The zero-order valence-corrected chi connectivity index (χ0v) is 17.3. The van der Waals surface area contributed by atoms with Crippen molar-refractivity contribution in [2.75, 3.05) is 9.80 Å². The predicted molar refractivity (Wildman–Crippen MR) is 112 cm³/mol. The number of hydrogen-bond donors (Lipinski definition) is 3. The van der Waals surface area contributed by atoms with E-state index in [2.05, 4.69) is 0 Å². The number of carboxylic acid groups (broad SMARTS) is 2. The standard InChI is InChI=1S/C22H17N3O9/c26-17-9-15(19(28)23(17)13-5-1-11(2-6-13)21(30)31)25(34)16-10-18(27)24(20(16)29)14-7-3-12(4-8-14)22(32)33/h1-8,15-16,34H,9-10H2,(H,30,31)(H,32,33)/t15-,16+. The Morgan fingerprint density at radius 3 is 1.29 bits per heavy atom. The second-order valence-corrected chi connectivity index (χ2v) is 7.66. The van der Waals surface area contributed by atoms with Crippen molar-refractivity contribution in [2.45, 2.75) is 24.9 Å². The minimum Gasteiger partial charge on any atom is -0.478 e. The lowest BCUT2D eigenvalue weighted by Crippen LogP contribution is -2.49. The molecule has 34 heavy (non-hydrogen) atoms. The number of carbonyl (C=O) groups excluding carboxylic acids is 4. The number of imide groups is 2. The first-order valence-electron chi connectivity index (χ1n) is 9.97. The fourth-order valence-electron chi connectivity index (χ4n) is 3.91. The molecule has 0 radical (unpaired) electrons. The molecule has 0 saturated carbocycles. The largest absolute Gasteiger partial charge is 0.478 e. The van der Waals surface area contributed by atoms with Gasteiger partial charge in [-0.1, -0.05) is 0 Å².